The van der Waals surface area contributed by atoms with Crippen LogP contribution in [-0.2, 0) is 32.4 Å². The minimum atomic E-state index is -3.56. The van der Waals surface area contributed by atoms with E-state index in [0.29, 0.717) is 44.2 Å². The Hall–Kier alpha value is -2.42. The lowest BCUT2D eigenvalue weighted by Crippen LogP contribution is -2.40. The van der Waals surface area contributed by atoms with E-state index in [4.69, 9.17) is 9.47 Å². The molecule has 8 heteroatoms. The number of carbonyl (C=O) groups is 1. The zero-order chi connectivity index (χ0) is 22.6. The smallest absolute Gasteiger partial charge is 0.265 e. The Labute approximate surface area is 189 Å². The van der Waals surface area contributed by atoms with E-state index < -0.39 is 16.1 Å². The van der Waals surface area contributed by atoms with Crippen molar-refractivity contribution in [2.45, 2.75) is 50.0 Å². The number of hydrogen-bond donors (Lipinski definition) is 1. The van der Waals surface area contributed by atoms with E-state index in [1.165, 1.54) is 40.4 Å². The summed E-state index contributed by atoms with van der Waals surface area (Å²) in [6.45, 7) is 3.39. The minimum Gasteiger partial charge on any atom is -0.481 e. The highest BCUT2D eigenvalue weighted by atomic mass is 32.2. The van der Waals surface area contributed by atoms with E-state index in [2.05, 4.69) is 17.4 Å². The highest BCUT2D eigenvalue weighted by Gasteiger charge is 2.26. The summed E-state index contributed by atoms with van der Waals surface area (Å²) in [4.78, 5) is 13.0. The van der Waals surface area contributed by atoms with E-state index in [-0.39, 0.29) is 10.8 Å². The number of ether oxygens (including phenoxy) is 2. The standard InChI is InChI=1S/C24H30N2O5S/c1-2-23(31-21-10-7-18-5-3-4-6-19(18)17-21)24(27)25-20-8-11-22(12-9-20)32(28,29)26-13-15-30-16-14-26/h7-12,17,23H,2-6,13-16H2,1H3,(H,25,27). The van der Waals surface area contributed by atoms with Crippen molar-refractivity contribution in [1.82, 2.24) is 4.31 Å². The predicted octanol–water partition coefficient (Wildman–Crippen LogP) is 3.38. The van der Waals surface area contributed by atoms with Crippen LogP contribution in [0.3, 0.4) is 0 Å². The highest BCUT2D eigenvalue weighted by Crippen LogP contribution is 2.26. The van der Waals surface area contributed by atoms with Gasteiger partial charge in [-0.3, -0.25) is 4.79 Å². The van der Waals surface area contributed by atoms with Gasteiger partial charge >= 0.3 is 0 Å². The molecule has 2 aliphatic rings. The Morgan fingerprint density at radius 2 is 1.75 bits per heavy atom. The van der Waals surface area contributed by atoms with Crippen LogP contribution in [0.1, 0.15) is 37.3 Å². The number of morpholine rings is 1. The molecule has 0 bridgehead atoms. The first kappa shape index (κ1) is 22.8. The molecule has 0 aromatic heterocycles. The van der Waals surface area contributed by atoms with Crippen LogP contribution in [0.5, 0.6) is 5.75 Å². The molecule has 32 heavy (non-hydrogen) atoms. The fourth-order valence-electron chi connectivity index (χ4n) is 4.14. The summed E-state index contributed by atoms with van der Waals surface area (Å²) < 4.78 is 38.1. The van der Waals surface area contributed by atoms with Gasteiger partial charge in [0, 0.05) is 18.8 Å². The summed E-state index contributed by atoms with van der Waals surface area (Å²) in [5.41, 5.74) is 3.21. The van der Waals surface area contributed by atoms with E-state index in [1.54, 1.807) is 12.1 Å². The van der Waals surface area contributed by atoms with E-state index >= 15 is 0 Å². The monoisotopic (exact) mass is 458 g/mol. The SMILES string of the molecule is CCC(Oc1ccc2c(c1)CCCC2)C(=O)Nc1ccc(S(=O)(=O)N2CCOCC2)cc1. The molecule has 4 rings (SSSR count). The van der Waals surface area contributed by atoms with Gasteiger partial charge in [-0.25, -0.2) is 8.42 Å². The van der Waals surface area contributed by atoms with Crippen LogP contribution in [0.25, 0.3) is 0 Å². The van der Waals surface area contributed by atoms with Gasteiger partial charge in [0.1, 0.15) is 5.75 Å². The van der Waals surface area contributed by atoms with Crippen molar-refractivity contribution in [2.24, 2.45) is 0 Å². The fraction of sp³-hybridized carbons (Fsp3) is 0.458. The van der Waals surface area contributed by atoms with Crippen molar-refractivity contribution >= 4 is 21.6 Å². The van der Waals surface area contributed by atoms with Crippen molar-refractivity contribution in [1.29, 1.82) is 0 Å². The number of carbonyl (C=O) groups excluding carboxylic acids is 1. The van der Waals surface area contributed by atoms with Gasteiger partial charge in [0.2, 0.25) is 10.0 Å². The number of aryl methyl sites for hydroxylation is 2. The lowest BCUT2D eigenvalue weighted by Gasteiger charge is -2.26. The zero-order valence-corrected chi connectivity index (χ0v) is 19.2. The molecule has 0 radical (unpaired) electrons. The van der Waals surface area contributed by atoms with Crippen molar-refractivity contribution in [3.8, 4) is 5.75 Å². The van der Waals surface area contributed by atoms with Crippen LogP contribution in [-0.4, -0.2) is 51.0 Å². The van der Waals surface area contributed by atoms with Gasteiger partial charge in [0.15, 0.2) is 6.10 Å². The predicted molar refractivity (Wildman–Crippen MR) is 122 cm³/mol. The van der Waals surface area contributed by atoms with Gasteiger partial charge in [-0.15, -0.1) is 0 Å². The maximum absolute atomic E-state index is 12.8. The summed E-state index contributed by atoms with van der Waals surface area (Å²) in [5.74, 6) is 0.452. The molecule has 0 saturated carbocycles. The first-order chi connectivity index (χ1) is 15.5. The second-order valence-corrected chi connectivity index (χ2v) is 10.1. The molecule has 172 valence electrons. The first-order valence-corrected chi connectivity index (χ1v) is 12.7. The van der Waals surface area contributed by atoms with Crippen molar-refractivity contribution in [3.05, 3.63) is 53.6 Å². The third-order valence-corrected chi connectivity index (χ3v) is 7.90. The molecule has 1 fully saturated rings. The second kappa shape index (κ2) is 10.0. The molecule has 1 N–H and O–H groups in total. The molecular weight excluding hydrogens is 428 g/mol. The van der Waals surface area contributed by atoms with Gasteiger partial charge in [0.25, 0.3) is 5.91 Å². The summed E-state index contributed by atoms with van der Waals surface area (Å²) >= 11 is 0. The molecule has 1 aliphatic heterocycles. The van der Waals surface area contributed by atoms with Crippen LogP contribution in [0, 0.1) is 0 Å². The fourth-order valence-corrected chi connectivity index (χ4v) is 5.55. The molecule has 1 saturated heterocycles. The number of rotatable bonds is 7. The molecule has 2 aromatic rings. The molecule has 1 heterocycles. The molecule has 2 aromatic carbocycles. The van der Waals surface area contributed by atoms with Gasteiger partial charge < -0.3 is 14.8 Å². The molecular formula is C24H30N2O5S. The molecule has 0 spiro atoms. The lowest BCUT2D eigenvalue weighted by atomic mass is 9.92. The molecule has 1 unspecified atom stereocenters. The van der Waals surface area contributed by atoms with Crippen molar-refractivity contribution in [2.75, 3.05) is 31.6 Å². The Bertz CT molecular complexity index is 1050. The minimum absolute atomic E-state index is 0.203. The quantitative estimate of drug-likeness (QED) is 0.688. The Balaban J connectivity index is 1.40. The number of nitrogens with one attached hydrogen (secondary N) is 1. The van der Waals surface area contributed by atoms with Gasteiger partial charge in [-0.05, 0) is 79.6 Å². The van der Waals surface area contributed by atoms with Crippen LogP contribution in [0.4, 0.5) is 5.69 Å². The number of benzene rings is 2. The molecule has 1 amide bonds. The first-order valence-electron chi connectivity index (χ1n) is 11.2. The average molecular weight is 459 g/mol. The molecule has 1 atom stereocenters. The highest BCUT2D eigenvalue weighted by molar-refractivity contribution is 7.89. The number of fused-ring (bicyclic) bond motifs is 1. The second-order valence-electron chi connectivity index (χ2n) is 8.18. The summed E-state index contributed by atoms with van der Waals surface area (Å²) in [5, 5.41) is 2.84. The van der Waals surface area contributed by atoms with Gasteiger partial charge in [-0.1, -0.05) is 13.0 Å². The maximum atomic E-state index is 12.8. The normalized spacial score (nSPS) is 17.9. The zero-order valence-electron chi connectivity index (χ0n) is 18.4. The summed E-state index contributed by atoms with van der Waals surface area (Å²) in [6, 6.07) is 12.3. The average Bonchev–Trinajstić information content (AvgIpc) is 2.83. The maximum Gasteiger partial charge on any atom is 0.265 e. The van der Waals surface area contributed by atoms with E-state index in [1.807, 2.05) is 13.0 Å². The topological polar surface area (TPSA) is 84.9 Å². The van der Waals surface area contributed by atoms with Crippen LogP contribution < -0.4 is 10.1 Å². The molecule has 1 aliphatic carbocycles. The van der Waals surface area contributed by atoms with Crippen LogP contribution in [0.15, 0.2) is 47.4 Å². The number of hydrogen-bond acceptors (Lipinski definition) is 5. The number of amides is 1. The van der Waals surface area contributed by atoms with Crippen LogP contribution in [0.2, 0.25) is 0 Å². The molecule has 7 nitrogen and oxygen atoms in total. The Kier molecular flexibility index (Phi) is 7.13. The van der Waals surface area contributed by atoms with E-state index in [0.717, 1.165) is 12.8 Å². The van der Waals surface area contributed by atoms with Gasteiger partial charge in [-0.2, -0.15) is 4.31 Å². The van der Waals surface area contributed by atoms with Crippen LogP contribution >= 0.6 is 0 Å². The Morgan fingerprint density at radius 3 is 2.44 bits per heavy atom. The lowest BCUT2D eigenvalue weighted by molar-refractivity contribution is -0.122. The van der Waals surface area contributed by atoms with E-state index in [9.17, 15) is 13.2 Å². The van der Waals surface area contributed by atoms with Gasteiger partial charge in [0.05, 0.1) is 18.1 Å². The Morgan fingerprint density at radius 1 is 1.06 bits per heavy atom. The van der Waals surface area contributed by atoms with Crippen molar-refractivity contribution < 1.29 is 22.7 Å². The largest absolute Gasteiger partial charge is 0.481 e. The van der Waals surface area contributed by atoms with Crippen molar-refractivity contribution in [3.63, 3.8) is 0 Å². The third-order valence-electron chi connectivity index (χ3n) is 5.99. The summed E-state index contributed by atoms with van der Waals surface area (Å²) in [7, 11) is -3.56. The number of nitrogens with zero attached hydrogens (tertiary/aromatic N) is 1. The number of anilines is 1. The third kappa shape index (κ3) is 5.14. The summed E-state index contributed by atoms with van der Waals surface area (Å²) in [6.07, 6.45) is 4.45. The number of sulfonamides is 1.